The van der Waals surface area contributed by atoms with E-state index in [2.05, 4.69) is 33.0 Å². The number of ether oxygens (including phenoxy) is 1. The summed E-state index contributed by atoms with van der Waals surface area (Å²) < 4.78 is 5.49. The number of benzene rings is 1. The van der Waals surface area contributed by atoms with Crippen LogP contribution in [0.1, 0.15) is 38.8 Å². The monoisotopic (exact) mass is 269 g/mol. The number of rotatable bonds is 6. The Morgan fingerprint density at radius 1 is 1.28 bits per heavy atom. The van der Waals surface area contributed by atoms with Crippen LogP contribution in [0.15, 0.2) is 12.1 Å². The molecule has 2 nitrogen and oxygen atoms in total. The van der Waals surface area contributed by atoms with Crippen molar-refractivity contribution in [1.29, 1.82) is 0 Å². The van der Waals surface area contributed by atoms with Gasteiger partial charge in [-0.15, -0.1) is 0 Å². The van der Waals surface area contributed by atoms with E-state index in [4.69, 9.17) is 16.3 Å². The average Bonchev–Trinajstić information content (AvgIpc) is 2.24. The van der Waals surface area contributed by atoms with Crippen LogP contribution in [0, 0.1) is 6.92 Å². The van der Waals surface area contributed by atoms with Gasteiger partial charge in [0.2, 0.25) is 0 Å². The molecule has 0 radical (unpaired) electrons. The molecule has 1 aromatic carbocycles. The molecule has 1 aromatic rings. The van der Waals surface area contributed by atoms with E-state index >= 15 is 0 Å². The van der Waals surface area contributed by atoms with Gasteiger partial charge in [0.25, 0.3) is 0 Å². The molecule has 0 aliphatic rings. The van der Waals surface area contributed by atoms with E-state index in [1.165, 1.54) is 11.1 Å². The predicted octanol–water partition coefficient (Wildman–Crippen LogP) is 3.98. The Hall–Kier alpha value is -0.730. The van der Waals surface area contributed by atoms with E-state index in [0.717, 1.165) is 12.2 Å². The Kier molecular flexibility index (Phi) is 5.97. The van der Waals surface area contributed by atoms with Crippen molar-refractivity contribution in [3.05, 3.63) is 28.3 Å². The lowest BCUT2D eigenvalue weighted by atomic mass is 10.0. The number of hydrogen-bond donors (Lipinski definition) is 1. The lowest BCUT2D eigenvalue weighted by Gasteiger charge is -2.19. The highest BCUT2D eigenvalue weighted by molar-refractivity contribution is 6.32. The number of hydrogen-bond acceptors (Lipinski definition) is 2. The molecule has 0 bridgehead atoms. The van der Waals surface area contributed by atoms with Crippen LogP contribution in [0.4, 0.5) is 0 Å². The minimum absolute atomic E-state index is 0.442. The van der Waals surface area contributed by atoms with Gasteiger partial charge in [-0.25, -0.2) is 0 Å². The van der Waals surface area contributed by atoms with Gasteiger partial charge in [-0.2, -0.15) is 0 Å². The molecule has 1 atom stereocenters. The third-order valence-electron chi connectivity index (χ3n) is 2.83. The summed E-state index contributed by atoms with van der Waals surface area (Å²) in [6.07, 6.45) is 0.982. The minimum Gasteiger partial charge on any atom is -0.492 e. The van der Waals surface area contributed by atoms with E-state index in [-0.39, 0.29) is 0 Å². The van der Waals surface area contributed by atoms with Crippen LogP contribution >= 0.6 is 11.6 Å². The molecule has 1 N–H and O–H groups in total. The molecule has 0 aliphatic heterocycles. The minimum atomic E-state index is 0.442. The van der Waals surface area contributed by atoms with Crippen molar-refractivity contribution >= 4 is 11.6 Å². The van der Waals surface area contributed by atoms with Crippen molar-refractivity contribution in [2.45, 2.75) is 53.1 Å². The molecule has 0 heterocycles. The Labute approximate surface area is 116 Å². The van der Waals surface area contributed by atoms with E-state index in [1.807, 2.05) is 19.1 Å². The molecule has 18 heavy (non-hydrogen) atoms. The summed E-state index contributed by atoms with van der Waals surface area (Å²) in [6, 6.07) is 5.00. The summed E-state index contributed by atoms with van der Waals surface area (Å²) in [5.41, 5.74) is 2.52. The summed E-state index contributed by atoms with van der Waals surface area (Å²) in [5, 5.41) is 4.21. The molecule has 0 saturated carbocycles. The summed E-state index contributed by atoms with van der Waals surface area (Å²) in [6.45, 7) is 11.2. The first-order chi connectivity index (χ1) is 8.43. The van der Waals surface area contributed by atoms with Crippen LogP contribution in [-0.2, 0) is 6.42 Å². The van der Waals surface area contributed by atoms with Crippen LogP contribution in [-0.4, -0.2) is 18.7 Å². The first kappa shape index (κ1) is 15.3. The zero-order valence-corrected chi connectivity index (χ0v) is 12.8. The van der Waals surface area contributed by atoms with Gasteiger partial charge in [-0.1, -0.05) is 25.4 Å². The van der Waals surface area contributed by atoms with E-state index < -0.39 is 0 Å². The second kappa shape index (κ2) is 7.01. The molecule has 0 amide bonds. The first-order valence-corrected chi connectivity index (χ1v) is 6.99. The van der Waals surface area contributed by atoms with Gasteiger partial charge >= 0.3 is 0 Å². The highest BCUT2D eigenvalue weighted by atomic mass is 35.5. The quantitative estimate of drug-likeness (QED) is 0.844. The average molecular weight is 270 g/mol. The highest BCUT2D eigenvalue weighted by Gasteiger charge is 2.10. The van der Waals surface area contributed by atoms with Gasteiger partial charge in [0.05, 0.1) is 11.6 Å². The molecule has 1 rings (SSSR count). The maximum atomic E-state index is 6.22. The van der Waals surface area contributed by atoms with Crippen LogP contribution in [0.5, 0.6) is 5.75 Å². The smallest absolute Gasteiger partial charge is 0.138 e. The third kappa shape index (κ3) is 4.51. The Morgan fingerprint density at radius 3 is 2.50 bits per heavy atom. The van der Waals surface area contributed by atoms with Crippen LogP contribution < -0.4 is 10.1 Å². The standard InChI is InChI=1S/C15H24ClNO/c1-6-18-15-7-11(4)13(9-14(15)16)8-12(5)17-10(2)3/h7,9-10,12,17H,6,8H2,1-5H3. The second-order valence-electron chi connectivity index (χ2n) is 5.07. The molecule has 3 heteroatoms. The summed E-state index contributed by atoms with van der Waals surface area (Å²) in [7, 11) is 0. The van der Waals surface area contributed by atoms with Crippen molar-refractivity contribution < 1.29 is 4.74 Å². The predicted molar refractivity (Wildman–Crippen MR) is 78.8 cm³/mol. The van der Waals surface area contributed by atoms with Crippen molar-refractivity contribution in [3.8, 4) is 5.75 Å². The Morgan fingerprint density at radius 2 is 1.94 bits per heavy atom. The highest BCUT2D eigenvalue weighted by Crippen LogP contribution is 2.28. The van der Waals surface area contributed by atoms with Gasteiger partial charge < -0.3 is 10.1 Å². The molecule has 0 spiro atoms. The van der Waals surface area contributed by atoms with Crippen LogP contribution in [0.2, 0.25) is 5.02 Å². The van der Waals surface area contributed by atoms with Crippen molar-refractivity contribution in [1.82, 2.24) is 5.32 Å². The van der Waals surface area contributed by atoms with Gasteiger partial charge in [-0.05, 0) is 50.5 Å². The molecule has 102 valence electrons. The Bertz CT molecular complexity index is 390. The first-order valence-electron chi connectivity index (χ1n) is 6.61. The van der Waals surface area contributed by atoms with Crippen molar-refractivity contribution in [2.75, 3.05) is 6.61 Å². The number of nitrogens with one attached hydrogen (secondary N) is 1. The molecule has 1 unspecified atom stereocenters. The van der Waals surface area contributed by atoms with Crippen molar-refractivity contribution in [2.24, 2.45) is 0 Å². The molecule has 0 aromatic heterocycles. The number of aryl methyl sites for hydroxylation is 1. The fraction of sp³-hybridized carbons (Fsp3) is 0.600. The van der Waals surface area contributed by atoms with Gasteiger partial charge in [0, 0.05) is 12.1 Å². The SMILES string of the molecule is CCOc1cc(C)c(CC(C)NC(C)C)cc1Cl. The Balaban J connectivity index is 2.81. The molecule has 0 saturated heterocycles. The third-order valence-corrected chi connectivity index (χ3v) is 3.13. The topological polar surface area (TPSA) is 21.3 Å². The zero-order chi connectivity index (χ0) is 13.7. The zero-order valence-electron chi connectivity index (χ0n) is 12.0. The number of halogens is 1. The van der Waals surface area contributed by atoms with Gasteiger partial charge in [-0.3, -0.25) is 0 Å². The lowest BCUT2D eigenvalue weighted by molar-refractivity contribution is 0.340. The fourth-order valence-corrected chi connectivity index (χ4v) is 2.38. The maximum absolute atomic E-state index is 6.22. The van der Waals surface area contributed by atoms with E-state index in [0.29, 0.717) is 23.7 Å². The molecule has 0 aliphatic carbocycles. The normalized spacial score (nSPS) is 12.8. The van der Waals surface area contributed by atoms with E-state index in [9.17, 15) is 0 Å². The molecular weight excluding hydrogens is 246 g/mol. The fourth-order valence-electron chi connectivity index (χ4n) is 2.14. The summed E-state index contributed by atoms with van der Waals surface area (Å²) in [4.78, 5) is 0. The summed E-state index contributed by atoms with van der Waals surface area (Å²) in [5.74, 6) is 0.782. The maximum Gasteiger partial charge on any atom is 0.138 e. The lowest BCUT2D eigenvalue weighted by Crippen LogP contribution is -2.34. The van der Waals surface area contributed by atoms with Gasteiger partial charge in [0.1, 0.15) is 5.75 Å². The van der Waals surface area contributed by atoms with E-state index in [1.54, 1.807) is 0 Å². The largest absolute Gasteiger partial charge is 0.492 e. The van der Waals surface area contributed by atoms with Gasteiger partial charge in [0.15, 0.2) is 0 Å². The molecular formula is C15H24ClNO. The molecule has 0 fully saturated rings. The van der Waals surface area contributed by atoms with Crippen LogP contribution in [0.25, 0.3) is 0 Å². The van der Waals surface area contributed by atoms with Crippen LogP contribution in [0.3, 0.4) is 0 Å². The summed E-state index contributed by atoms with van der Waals surface area (Å²) >= 11 is 6.22. The second-order valence-corrected chi connectivity index (χ2v) is 5.48. The van der Waals surface area contributed by atoms with Crippen molar-refractivity contribution in [3.63, 3.8) is 0 Å².